The van der Waals surface area contributed by atoms with Crippen LogP contribution in [0.1, 0.15) is 22.7 Å². The van der Waals surface area contributed by atoms with Gasteiger partial charge in [0, 0.05) is 39.1 Å². The molecule has 1 saturated heterocycles. The second-order valence-electron chi connectivity index (χ2n) is 10.6. The number of hydrogen-bond donors (Lipinski definition) is 3. The first-order valence-electron chi connectivity index (χ1n) is 13.7. The molecule has 2 heterocycles. The molecular formula is C30H33Cl2N5O4S. The number of nitrogens with zero attached hydrogens (tertiary/aromatic N) is 2. The monoisotopic (exact) mass is 629 g/mol. The number of amides is 2. The summed E-state index contributed by atoms with van der Waals surface area (Å²) in [5, 5.41) is 7.11. The van der Waals surface area contributed by atoms with Gasteiger partial charge in [-0.3, -0.25) is 14.3 Å². The number of fused-ring (bicyclic) bond motifs is 1. The number of sulfonamides is 1. The summed E-state index contributed by atoms with van der Waals surface area (Å²) in [6.45, 7) is 2.48. The summed E-state index contributed by atoms with van der Waals surface area (Å²) in [5.74, 6) is -0.458. The molecule has 1 fully saturated rings. The van der Waals surface area contributed by atoms with Gasteiger partial charge in [-0.1, -0.05) is 65.7 Å². The first kappa shape index (κ1) is 30.2. The Labute approximate surface area is 256 Å². The van der Waals surface area contributed by atoms with E-state index in [2.05, 4.69) is 15.4 Å². The number of hydrogen-bond acceptors (Lipinski definition) is 6. The summed E-state index contributed by atoms with van der Waals surface area (Å²) in [5.41, 5.74) is 4.05. The third kappa shape index (κ3) is 7.18. The van der Waals surface area contributed by atoms with Crippen LogP contribution in [0.25, 0.3) is 0 Å². The SMILES string of the molecule is CS(=O)(=O)Nc1ccccc1N1CCN(C(=O)[C@@H](Cc2ccc(Cl)c(Cl)c2)NC(=O)C2NCCc3ccccc32)CC1. The number of benzene rings is 3. The van der Waals surface area contributed by atoms with Crippen LogP contribution < -0.4 is 20.3 Å². The average Bonchev–Trinajstić information content (AvgIpc) is 2.97. The Kier molecular flexibility index (Phi) is 9.27. The van der Waals surface area contributed by atoms with E-state index in [1.807, 2.05) is 41.3 Å². The summed E-state index contributed by atoms with van der Waals surface area (Å²) in [6, 6.07) is 18.9. The molecular weight excluding hydrogens is 597 g/mol. The Morgan fingerprint density at radius 3 is 2.43 bits per heavy atom. The second-order valence-corrected chi connectivity index (χ2v) is 13.1. The highest BCUT2D eigenvalue weighted by Gasteiger charge is 2.33. The van der Waals surface area contributed by atoms with E-state index in [1.165, 1.54) is 0 Å². The minimum Gasteiger partial charge on any atom is -0.366 e. The van der Waals surface area contributed by atoms with E-state index in [4.69, 9.17) is 23.2 Å². The topological polar surface area (TPSA) is 111 Å². The van der Waals surface area contributed by atoms with Crippen LogP contribution in [0, 0.1) is 0 Å². The number of halogens is 2. The molecule has 0 spiro atoms. The number of piperazine rings is 1. The summed E-state index contributed by atoms with van der Waals surface area (Å²) in [7, 11) is -3.45. The van der Waals surface area contributed by atoms with E-state index in [0.717, 1.165) is 35.1 Å². The third-order valence-electron chi connectivity index (χ3n) is 7.54. The third-order valence-corrected chi connectivity index (χ3v) is 8.87. The number of carbonyl (C=O) groups is 2. The fourth-order valence-electron chi connectivity index (χ4n) is 5.52. The molecule has 0 aromatic heterocycles. The molecule has 0 aliphatic carbocycles. The number of carbonyl (C=O) groups excluding carboxylic acids is 2. The van der Waals surface area contributed by atoms with Gasteiger partial charge in [0.15, 0.2) is 0 Å². The van der Waals surface area contributed by atoms with E-state index < -0.39 is 22.1 Å². The summed E-state index contributed by atoms with van der Waals surface area (Å²) < 4.78 is 26.3. The predicted molar refractivity (Wildman–Crippen MR) is 167 cm³/mol. The molecule has 0 bridgehead atoms. The van der Waals surface area contributed by atoms with Gasteiger partial charge in [0.05, 0.1) is 27.7 Å². The highest BCUT2D eigenvalue weighted by Crippen LogP contribution is 2.28. The lowest BCUT2D eigenvalue weighted by atomic mass is 9.93. The Balaban J connectivity index is 1.33. The van der Waals surface area contributed by atoms with Gasteiger partial charge >= 0.3 is 0 Å². The van der Waals surface area contributed by atoms with Crippen LogP contribution in [-0.2, 0) is 32.5 Å². The Bertz CT molecular complexity index is 1580. The maximum atomic E-state index is 13.9. The lowest BCUT2D eigenvalue weighted by molar-refractivity contribution is -0.137. The lowest BCUT2D eigenvalue weighted by Gasteiger charge is -2.38. The number of para-hydroxylation sites is 2. The van der Waals surface area contributed by atoms with Gasteiger partial charge in [0.1, 0.15) is 12.1 Å². The molecule has 9 nitrogen and oxygen atoms in total. The van der Waals surface area contributed by atoms with Gasteiger partial charge in [-0.05, 0) is 47.4 Å². The Morgan fingerprint density at radius 2 is 1.69 bits per heavy atom. The van der Waals surface area contributed by atoms with Gasteiger partial charge in [-0.2, -0.15) is 0 Å². The van der Waals surface area contributed by atoms with E-state index in [9.17, 15) is 18.0 Å². The quantitative estimate of drug-likeness (QED) is 0.351. The zero-order valence-corrected chi connectivity index (χ0v) is 25.5. The van der Waals surface area contributed by atoms with Crippen molar-refractivity contribution in [2.75, 3.05) is 48.6 Å². The van der Waals surface area contributed by atoms with Crippen LogP contribution in [-0.4, -0.2) is 70.2 Å². The molecule has 2 aliphatic heterocycles. The van der Waals surface area contributed by atoms with Crippen LogP contribution in [0.15, 0.2) is 66.7 Å². The summed E-state index contributed by atoms with van der Waals surface area (Å²) >= 11 is 12.4. The van der Waals surface area contributed by atoms with Crippen molar-refractivity contribution in [3.8, 4) is 0 Å². The van der Waals surface area contributed by atoms with Crippen molar-refractivity contribution < 1.29 is 18.0 Å². The summed E-state index contributed by atoms with van der Waals surface area (Å²) in [4.78, 5) is 31.3. The molecule has 0 radical (unpaired) electrons. The normalized spacial score (nSPS) is 17.7. The van der Waals surface area contributed by atoms with E-state index in [0.29, 0.717) is 48.5 Å². The summed E-state index contributed by atoms with van der Waals surface area (Å²) in [6.07, 6.45) is 2.19. The fraction of sp³-hybridized carbons (Fsp3) is 0.333. The van der Waals surface area contributed by atoms with Gasteiger partial charge in [0.2, 0.25) is 21.8 Å². The highest BCUT2D eigenvalue weighted by molar-refractivity contribution is 7.92. The molecule has 2 aliphatic rings. The first-order chi connectivity index (χ1) is 20.1. The molecule has 0 saturated carbocycles. The van der Waals surface area contributed by atoms with Crippen LogP contribution in [0.4, 0.5) is 11.4 Å². The van der Waals surface area contributed by atoms with E-state index in [1.54, 1.807) is 35.2 Å². The van der Waals surface area contributed by atoms with Crippen molar-refractivity contribution in [3.05, 3.63) is 93.5 Å². The number of nitrogens with one attached hydrogen (secondary N) is 3. The Morgan fingerprint density at radius 1 is 0.976 bits per heavy atom. The van der Waals surface area contributed by atoms with Crippen LogP contribution >= 0.6 is 23.2 Å². The van der Waals surface area contributed by atoms with Gasteiger partial charge in [-0.15, -0.1) is 0 Å². The Hall–Kier alpha value is -3.31. The smallest absolute Gasteiger partial charge is 0.245 e. The van der Waals surface area contributed by atoms with Crippen LogP contribution in [0.5, 0.6) is 0 Å². The lowest BCUT2D eigenvalue weighted by Crippen LogP contribution is -2.57. The van der Waals surface area contributed by atoms with Crippen molar-refractivity contribution in [3.63, 3.8) is 0 Å². The zero-order chi connectivity index (χ0) is 29.9. The second kappa shape index (κ2) is 12.9. The maximum absolute atomic E-state index is 13.9. The molecule has 3 aromatic rings. The van der Waals surface area contributed by atoms with E-state index in [-0.39, 0.29) is 18.2 Å². The van der Waals surface area contributed by atoms with Crippen LogP contribution in [0.2, 0.25) is 10.0 Å². The molecule has 2 atom stereocenters. The average molecular weight is 631 g/mol. The number of rotatable bonds is 8. The van der Waals surface area contributed by atoms with Crippen molar-refractivity contribution in [1.82, 2.24) is 15.5 Å². The van der Waals surface area contributed by atoms with Crippen molar-refractivity contribution in [2.45, 2.75) is 24.9 Å². The van der Waals surface area contributed by atoms with Crippen molar-refractivity contribution in [2.24, 2.45) is 0 Å². The zero-order valence-electron chi connectivity index (χ0n) is 23.1. The van der Waals surface area contributed by atoms with Gasteiger partial charge in [-0.25, -0.2) is 8.42 Å². The molecule has 222 valence electrons. The van der Waals surface area contributed by atoms with Gasteiger partial charge < -0.3 is 20.4 Å². The molecule has 3 N–H and O–H groups in total. The molecule has 42 heavy (non-hydrogen) atoms. The molecule has 2 amide bonds. The molecule has 5 rings (SSSR count). The van der Waals surface area contributed by atoms with Crippen molar-refractivity contribution in [1.29, 1.82) is 0 Å². The first-order valence-corrected chi connectivity index (χ1v) is 16.4. The minimum absolute atomic E-state index is 0.194. The largest absolute Gasteiger partial charge is 0.366 e. The van der Waals surface area contributed by atoms with Crippen LogP contribution in [0.3, 0.4) is 0 Å². The predicted octanol–water partition coefficient (Wildman–Crippen LogP) is 3.63. The molecule has 3 aromatic carbocycles. The maximum Gasteiger partial charge on any atom is 0.245 e. The minimum atomic E-state index is -3.45. The molecule has 1 unspecified atom stereocenters. The van der Waals surface area contributed by atoms with Gasteiger partial charge in [0.25, 0.3) is 0 Å². The molecule has 12 heteroatoms. The number of anilines is 2. The van der Waals surface area contributed by atoms with E-state index >= 15 is 0 Å². The highest BCUT2D eigenvalue weighted by atomic mass is 35.5. The van der Waals surface area contributed by atoms with Crippen molar-refractivity contribution >= 4 is 56.4 Å². The standard InChI is InChI=1S/C30H33Cl2N5O4S/c1-42(40,41)35-25-8-4-5-9-27(25)36-14-16-37(17-15-36)30(39)26(19-20-10-11-23(31)24(32)18-20)34-29(38)28-22-7-3-2-6-21(22)12-13-33-28/h2-11,18,26,28,33,35H,12-17,19H2,1H3,(H,34,38)/t26-,28?/m1/s1. The fourth-order valence-corrected chi connectivity index (χ4v) is 6.41.